The summed E-state index contributed by atoms with van der Waals surface area (Å²) >= 11 is 0. The van der Waals surface area contributed by atoms with Crippen LogP contribution in [-0.4, -0.2) is 24.8 Å². The molecule has 1 atom stereocenters. The van der Waals surface area contributed by atoms with E-state index in [0.29, 0.717) is 6.10 Å². The van der Waals surface area contributed by atoms with Crippen LogP contribution >= 0.6 is 0 Å². The summed E-state index contributed by atoms with van der Waals surface area (Å²) in [6, 6.07) is 2.20. The monoisotopic (exact) mass is 168 g/mol. The molecule has 1 N–H and O–H groups in total. The molecule has 0 aromatic carbocycles. The van der Waals surface area contributed by atoms with Crippen molar-refractivity contribution < 1.29 is 4.74 Å². The first-order chi connectivity index (χ1) is 5.64. The molecule has 0 aliphatic carbocycles. The molecular weight excluding hydrogens is 152 g/mol. The minimum Gasteiger partial charge on any atom is -0.377 e. The summed E-state index contributed by atoms with van der Waals surface area (Å²) in [7, 11) is 0. The molecule has 0 aromatic rings. The standard InChI is InChI=1S/C9H16N2O/c1-9(2,7-10)11-6-8-4-3-5-12-8/h8,11H,3-6H2,1-2H3. The van der Waals surface area contributed by atoms with E-state index in [2.05, 4.69) is 11.4 Å². The lowest BCUT2D eigenvalue weighted by Crippen LogP contribution is -2.42. The van der Waals surface area contributed by atoms with Gasteiger partial charge in [0, 0.05) is 13.2 Å². The van der Waals surface area contributed by atoms with E-state index < -0.39 is 5.54 Å². The fourth-order valence-corrected chi connectivity index (χ4v) is 1.21. The molecule has 1 aliphatic heterocycles. The Labute approximate surface area is 73.7 Å². The van der Waals surface area contributed by atoms with Crippen molar-refractivity contribution in [3.05, 3.63) is 0 Å². The average molecular weight is 168 g/mol. The first-order valence-corrected chi connectivity index (χ1v) is 4.42. The fourth-order valence-electron chi connectivity index (χ4n) is 1.21. The van der Waals surface area contributed by atoms with Crippen molar-refractivity contribution >= 4 is 0 Å². The minimum absolute atomic E-state index is 0.317. The molecule has 0 bridgehead atoms. The molecule has 3 heteroatoms. The van der Waals surface area contributed by atoms with Gasteiger partial charge in [-0.15, -0.1) is 0 Å². The topological polar surface area (TPSA) is 45.0 Å². The fraction of sp³-hybridized carbons (Fsp3) is 0.889. The number of hydrogen-bond donors (Lipinski definition) is 1. The van der Waals surface area contributed by atoms with E-state index >= 15 is 0 Å². The Bertz CT molecular complexity index is 177. The van der Waals surface area contributed by atoms with Crippen molar-refractivity contribution in [2.45, 2.75) is 38.3 Å². The predicted octanol–water partition coefficient (Wildman–Crippen LogP) is 1.06. The second-order valence-corrected chi connectivity index (χ2v) is 3.75. The van der Waals surface area contributed by atoms with Gasteiger partial charge in [-0.25, -0.2) is 0 Å². The van der Waals surface area contributed by atoms with E-state index in [1.54, 1.807) is 0 Å². The van der Waals surface area contributed by atoms with Crippen LogP contribution in [0, 0.1) is 11.3 Å². The van der Waals surface area contributed by atoms with Gasteiger partial charge in [0.05, 0.1) is 12.2 Å². The third-order valence-electron chi connectivity index (χ3n) is 2.08. The zero-order valence-corrected chi connectivity index (χ0v) is 7.76. The van der Waals surface area contributed by atoms with Crippen LogP contribution in [0.15, 0.2) is 0 Å². The van der Waals surface area contributed by atoms with E-state index in [0.717, 1.165) is 26.0 Å². The Morgan fingerprint density at radius 1 is 1.67 bits per heavy atom. The minimum atomic E-state index is -0.425. The molecular formula is C9H16N2O. The van der Waals surface area contributed by atoms with Crippen LogP contribution in [0.1, 0.15) is 26.7 Å². The van der Waals surface area contributed by atoms with Gasteiger partial charge in [-0.1, -0.05) is 0 Å². The molecule has 0 aromatic heterocycles. The smallest absolute Gasteiger partial charge is 0.101 e. The molecule has 12 heavy (non-hydrogen) atoms. The first-order valence-electron chi connectivity index (χ1n) is 4.42. The Morgan fingerprint density at radius 2 is 2.42 bits per heavy atom. The van der Waals surface area contributed by atoms with Crippen LogP contribution in [-0.2, 0) is 4.74 Å². The van der Waals surface area contributed by atoms with Gasteiger partial charge in [0.1, 0.15) is 5.54 Å². The van der Waals surface area contributed by atoms with Gasteiger partial charge in [-0.3, -0.25) is 5.32 Å². The van der Waals surface area contributed by atoms with Gasteiger partial charge >= 0.3 is 0 Å². The summed E-state index contributed by atoms with van der Waals surface area (Å²) in [5.74, 6) is 0. The molecule has 1 unspecified atom stereocenters. The molecule has 1 aliphatic rings. The predicted molar refractivity (Wildman–Crippen MR) is 46.7 cm³/mol. The quantitative estimate of drug-likeness (QED) is 0.685. The number of ether oxygens (including phenoxy) is 1. The lowest BCUT2D eigenvalue weighted by atomic mass is 10.1. The lowest BCUT2D eigenvalue weighted by Gasteiger charge is -2.19. The zero-order chi connectivity index (χ0) is 9.03. The Kier molecular flexibility index (Phi) is 3.07. The molecule has 1 fully saturated rings. The highest BCUT2D eigenvalue weighted by molar-refractivity contribution is 5.00. The number of nitrogens with zero attached hydrogens (tertiary/aromatic N) is 1. The molecule has 68 valence electrons. The Hall–Kier alpha value is -0.590. The number of nitriles is 1. The third kappa shape index (κ3) is 2.80. The van der Waals surface area contributed by atoms with E-state index in [9.17, 15) is 0 Å². The van der Waals surface area contributed by atoms with Gasteiger partial charge in [-0.2, -0.15) is 5.26 Å². The van der Waals surface area contributed by atoms with Gasteiger partial charge in [0.2, 0.25) is 0 Å². The summed E-state index contributed by atoms with van der Waals surface area (Å²) in [6.07, 6.45) is 2.59. The summed E-state index contributed by atoms with van der Waals surface area (Å²) in [5, 5.41) is 11.9. The number of rotatable bonds is 3. The molecule has 0 radical (unpaired) electrons. The maximum atomic E-state index is 8.71. The van der Waals surface area contributed by atoms with Gasteiger partial charge < -0.3 is 4.74 Å². The van der Waals surface area contributed by atoms with Crippen LogP contribution in [0.3, 0.4) is 0 Å². The average Bonchev–Trinajstić information content (AvgIpc) is 2.53. The molecule has 0 saturated carbocycles. The summed E-state index contributed by atoms with van der Waals surface area (Å²) < 4.78 is 5.42. The highest BCUT2D eigenvalue weighted by Gasteiger charge is 2.20. The van der Waals surface area contributed by atoms with Crippen molar-refractivity contribution in [3.8, 4) is 6.07 Å². The van der Waals surface area contributed by atoms with Crippen LogP contribution in [0.25, 0.3) is 0 Å². The highest BCUT2D eigenvalue weighted by Crippen LogP contribution is 2.11. The van der Waals surface area contributed by atoms with E-state index in [1.165, 1.54) is 0 Å². The highest BCUT2D eigenvalue weighted by atomic mass is 16.5. The molecule has 1 rings (SSSR count). The Morgan fingerprint density at radius 3 is 2.92 bits per heavy atom. The van der Waals surface area contributed by atoms with Gasteiger partial charge in [-0.05, 0) is 26.7 Å². The zero-order valence-electron chi connectivity index (χ0n) is 7.76. The molecule has 0 spiro atoms. The first kappa shape index (κ1) is 9.50. The van der Waals surface area contributed by atoms with E-state index in [4.69, 9.17) is 10.00 Å². The van der Waals surface area contributed by atoms with Crippen molar-refractivity contribution in [1.82, 2.24) is 5.32 Å². The molecule has 0 amide bonds. The second-order valence-electron chi connectivity index (χ2n) is 3.75. The molecule has 1 saturated heterocycles. The van der Waals surface area contributed by atoms with Gasteiger partial charge in [0.25, 0.3) is 0 Å². The molecule has 3 nitrogen and oxygen atoms in total. The van der Waals surface area contributed by atoms with E-state index in [-0.39, 0.29) is 0 Å². The van der Waals surface area contributed by atoms with Crippen LogP contribution in [0.5, 0.6) is 0 Å². The third-order valence-corrected chi connectivity index (χ3v) is 2.08. The van der Waals surface area contributed by atoms with Crippen molar-refractivity contribution in [1.29, 1.82) is 5.26 Å². The van der Waals surface area contributed by atoms with Gasteiger partial charge in [0.15, 0.2) is 0 Å². The van der Waals surface area contributed by atoms with Crippen LogP contribution < -0.4 is 5.32 Å². The summed E-state index contributed by atoms with van der Waals surface area (Å²) in [5.41, 5.74) is -0.425. The SMILES string of the molecule is CC(C)(C#N)NCC1CCCO1. The normalized spacial score (nSPS) is 23.9. The summed E-state index contributed by atoms with van der Waals surface area (Å²) in [6.45, 7) is 5.42. The maximum Gasteiger partial charge on any atom is 0.101 e. The number of hydrogen-bond acceptors (Lipinski definition) is 3. The lowest BCUT2D eigenvalue weighted by molar-refractivity contribution is 0.106. The largest absolute Gasteiger partial charge is 0.377 e. The van der Waals surface area contributed by atoms with Crippen molar-refractivity contribution in [2.24, 2.45) is 0 Å². The van der Waals surface area contributed by atoms with Crippen molar-refractivity contribution in [3.63, 3.8) is 0 Å². The van der Waals surface area contributed by atoms with Crippen LogP contribution in [0.2, 0.25) is 0 Å². The van der Waals surface area contributed by atoms with Crippen molar-refractivity contribution in [2.75, 3.05) is 13.2 Å². The second kappa shape index (κ2) is 3.88. The van der Waals surface area contributed by atoms with Crippen LogP contribution in [0.4, 0.5) is 0 Å². The molecule has 1 heterocycles. The maximum absolute atomic E-state index is 8.71. The number of nitrogens with one attached hydrogen (secondary N) is 1. The Balaban J connectivity index is 2.21. The van der Waals surface area contributed by atoms with E-state index in [1.807, 2.05) is 13.8 Å². The summed E-state index contributed by atoms with van der Waals surface area (Å²) in [4.78, 5) is 0.